The molecule has 0 aliphatic rings. The molecule has 0 unspecified atom stereocenters. The molecule has 7 heteroatoms. The number of carbonyl (C=O) groups excluding carboxylic acids is 1. The van der Waals surface area contributed by atoms with Gasteiger partial charge in [0.1, 0.15) is 10.8 Å². The molecule has 0 heterocycles. The van der Waals surface area contributed by atoms with E-state index in [4.69, 9.17) is 33.0 Å². The predicted molar refractivity (Wildman–Crippen MR) is 74.5 cm³/mol. The van der Waals surface area contributed by atoms with Crippen LogP contribution in [0.3, 0.4) is 0 Å². The van der Waals surface area contributed by atoms with Gasteiger partial charge in [-0.2, -0.15) is 0 Å². The number of rotatable bonds is 6. The monoisotopic (exact) mass is 326 g/mol. The van der Waals surface area contributed by atoms with E-state index in [1.165, 1.54) is 12.1 Å². The fraction of sp³-hybridized carbons (Fsp3) is 0.231. The summed E-state index contributed by atoms with van der Waals surface area (Å²) in [6, 6.07) is 2.85. The Morgan fingerprint density at radius 1 is 1.35 bits per heavy atom. The van der Waals surface area contributed by atoms with Gasteiger partial charge in [0, 0.05) is 5.56 Å². The molecule has 0 bridgehead atoms. The summed E-state index contributed by atoms with van der Waals surface area (Å²) in [6.07, 6.45) is 0.504. The van der Waals surface area contributed by atoms with Gasteiger partial charge >= 0.3 is 35.5 Å². The van der Waals surface area contributed by atoms with Crippen molar-refractivity contribution in [2.75, 3.05) is 6.61 Å². The molecule has 0 saturated carbocycles. The van der Waals surface area contributed by atoms with Crippen LogP contribution in [-0.4, -0.2) is 23.5 Å². The standard InChI is InChI=1S/C13H12Cl2O4.Na.H/c1-3-7(2)13(18)8-4-5-9(12(15)11(8)14)19-6-10(16)17;;/h4-5H,2-3,6H2,1H3,(H,16,17);;/q;+1;-1. The SMILES string of the molecule is C=C(CC)C(=O)c1ccc(OCC(=O)O)c(Cl)c1Cl.[H-].[Na+]. The van der Waals surface area contributed by atoms with Gasteiger partial charge in [-0.15, -0.1) is 0 Å². The Morgan fingerprint density at radius 2 is 1.95 bits per heavy atom. The third-order valence-electron chi connectivity index (χ3n) is 2.39. The Bertz CT molecular complexity index is 549. The fourth-order valence-corrected chi connectivity index (χ4v) is 1.77. The van der Waals surface area contributed by atoms with Gasteiger partial charge in [-0.3, -0.25) is 4.79 Å². The number of carboxylic acid groups (broad SMARTS) is 1. The summed E-state index contributed by atoms with van der Waals surface area (Å²) in [7, 11) is 0. The van der Waals surface area contributed by atoms with Crippen molar-refractivity contribution >= 4 is 35.0 Å². The van der Waals surface area contributed by atoms with Crippen LogP contribution in [0.15, 0.2) is 24.3 Å². The zero-order chi connectivity index (χ0) is 14.6. The van der Waals surface area contributed by atoms with Gasteiger partial charge in [-0.05, 0) is 24.1 Å². The van der Waals surface area contributed by atoms with E-state index in [0.717, 1.165) is 0 Å². The van der Waals surface area contributed by atoms with E-state index < -0.39 is 12.6 Å². The summed E-state index contributed by atoms with van der Waals surface area (Å²) in [5.74, 6) is -1.31. The summed E-state index contributed by atoms with van der Waals surface area (Å²) in [5.41, 5.74) is 0.637. The Balaban J connectivity index is 0. The zero-order valence-electron chi connectivity index (χ0n) is 12.2. The number of hydrogen-bond donors (Lipinski definition) is 1. The number of carboxylic acids is 1. The fourth-order valence-electron chi connectivity index (χ4n) is 1.31. The van der Waals surface area contributed by atoms with Crippen molar-refractivity contribution in [1.29, 1.82) is 0 Å². The van der Waals surface area contributed by atoms with E-state index >= 15 is 0 Å². The molecule has 0 amide bonds. The van der Waals surface area contributed by atoms with Crippen LogP contribution in [0.1, 0.15) is 25.1 Å². The quantitative estimate of drug-likeness (QED) is 0.475. The molecule has 0 spiro atoms. The maximum atomic E-state index is 11.9. The summed E-state index contributed by atoms with van der Waals surface area (Å²) in [5, 5.41) is 8.56. The largest absolute Gasteiger partial charge is 1.00 e. The molecule has 1 rings (SSSR count). The van der Waals surface area contributed by atoms with Crippen LogP contribution in [0.2, 0.25) is 10.0 Å². The first-order chi connectivity index (χ1) is 8.88. The number of benzene rings is 1. The Hall–Kier alpha value is -0.520. The third kappa shape index (κ3) is 4.79. The minimum absolute atomic E-state index is 0. The van der Waals surface area contributed by atoms with Crippen LogP contribution in [0.25, 0.3) is 0 Å². The van der Waals surface area contributed by atoms with Gasteiger partial charge in [-0.1, -0.05) is 36.7 Å². The second-order valence-corrected chi connectivity index (χ2v) is 4.46. The van der Waals surface area contributed by atoms with Gasteiger partial charge in [0.2, 0.25) is 0 Å². The minimum atomic E-state index is -1.13. The zero-order valence-corrected chi connectivity index (χ0v) is 14.7. The van der Waals surface area contributed by atoms with Crippen LogP contribution < -0.4 is 34.3 Å². The van der Waals surface area contributed by atoms with Crippen molar-refractivity contribution in [3.05, 3.63) is 39.9 Å². The van der Waals surface area contributed by atoms with E-state index in [0.29, 0.717) is 12.0 Å². The molecule has 0 atom stereocenters. The predicted octanol–water partition coefficient (Wildman–Crippen LogP) is 0.722. The first kappa shape index (κ1) is 19.5. The van der Waals surface area contributed by atoms with Crippen LogP contribution in [0, 0.1) is 0 Å². The summed E-state index contributed by atoms with van der Waals surface area (Å²) in [4.78, 5) is 22.4. The Kier molecular flexibility index (Phi) is 8.47. The number of Topliss-reactive ketones (excluding diaryl/α,β-unsaturated/α-hetero) is 1. The molecule has 1 aromatic carbocycles. The number of ether oxygens (including phenoxy) is 1. The van der Waals surface area contributed by atoms with Gasteiger partial charge in [-0.25, -0.2) is 4.79 Å². The second-order valence-electron chi connectivity index (χ2n) is 3.71. The van der Waals surface area contributed by atoms with Crippen molar-refractivity contribution in [2.24, 2.45) is 0 Å². The number of hydrogen-bond acceptors (Lipinski definition) is 3. The summed E-state index contributed by atoms with van der Waals surface area (Å²) in [6.45, 7) is 4.91. The maximum absolute atomic E-state index is 11.9. The van der Waals surface area contributed by atoms with E-state index in [2.05, 4.69) is 6.58 Å². The number of allylic oxidation sites excluding steroid dienone is 1. The summed E-state index contributed by atoms with van der Waals surface area (Å²) >= 11 is 11.9. The molecule has 0 aliphatic carbocycles. The van der Waals surface area contributed by atoms with Crippen molar-refractivity contribution in [2.45, 2.75) is 13.3 Å². The van der Waals surface area contributed by atoms with Crippen LogP contribution in [0.5, 0.6) is 5.75 Å². The molecular formula is C13H13Cl2NaO4. The van der Waals surface area contributed by atoms with Crippen LogP contribution >= 0.6 is 23.2 Å². The maximum Gasteiger partial charge on any atom is 1.00 e. The van der Waals surface area contributed by atoms with E-state index in [9.17, 15) is 9.59 Å². The normalized spacial score (nSPS) is 9.55. The molecule has 0 fully saturated rings. The average molecular weight is 327 g/mol. The minimum Gasteiger partial charge on any atom is -1.00 e. The van der Waals surface area contributed by atoms with Gasteiger partial charge in [0.25, 0.3) is 0 Å². The average Bonchev–Trinajstić information content (AvgIpc) is 2.38. The molecule has 1 aromatic rings. The smallest absolute Gasteiger partial charge is 1.00 e. The topological polar surface area (TPSA) is 63.6 Å². The van der Waals surface area contributed by atoms with Crippen molar-refractivity contribution in [3.8, 4) is 5.75 Å². The molecule has 104 valence electrons. The molecule has 0 aromatic heterocycles. The molecular weight excluding hydrogens is 314 g/mol. The van der Waals surface area contributed by atoms with Crippen LogP contribution in [-0.2, 0) is 4.79 Å². The number of halogens is 2. The second kappa shape index (κ2) is 8.70. The van der Waals surface area contributed by atoms with Gasteiger partial charge in [0.05, 0.1) is 5.02 Å². The van der Waals surface area contributed by atoms with Crippen molar-refractivity contribution < 1.29 is 50.4 Å². The number of aliphatic carboxylic acids is 1. The van der Waals surface area contributed by atoms with Crippen molar-refractivity contribution in [1.82, 2.24) is 0 Å². The van der Waals surface area contributed by atoms with E-state index in [1.54, 1.807) is 6.92 Å². The number of carbonyl (C=O) groups is 2. The van der Waals surface area contributed by atoms with Gasteiger partial charge in [0.15, 0.2) is 12.4 Å². The Labute approximate surface area is 150 Å². The van der Waals surface area contributed by atoms with Crippen LogP contribution in [0.4, 0.5) is 0 Å². The summed E-state index contributed by atoms with van der Waals surface area (Å²) < 4.78 is 4.95. The molecule has 0 radical (unpaired) electrons. The molecule has 0 aliphatic heterocycles. The van der Waals surface area contributed by atoms with Gasteiger partial charge < -0.3 is 11.3 Å². The van der Waals surface area contributed by atoms with E-state index in [-0.39, 0.29) is 58.1 Å². The van der Waals surface area contributed by atoms with E-state index in [1.807, 2.05) is 0 Å². The molecule has 20 heavy (non-hydrogen) atoms. The third-order valence-corrected chi connectivity index (χ3v) is 3.26. The molecule has 1 N–H and O–H groups in total. The molecule has 4 nitrogen and oxygen atoms in total. The molecule has 0 saturated heterocycles. The van der Waals surface area contributed by atoms with Crippen molar-refractivity contribution in [3.63, 3.8) is 0 Å². The first-order valence-electron chi connectivity index (χ1n) is 5.43. The number of ketones is 1. The first-order valence-corrected chi connectivity index (χ1v) is 6.19. The Morgan fingerprint density at radius 3 is 2.45 bits per heavy atom.